The number of nitrogens with one attached hydrogen (secondary N) is 1. The Labute approximate surface area is 204 Å². The van der Waals surface area contributed by atoms with E-state index in [0.29, 0.717) is 26.2 Å². The lowest BCUT2D eigenvalue weighted by molar-refractivity contribution is -0.129. The average Bonchev–Trinajstić information content (AvgIpc) is 3.48. The number of nitrogens with zero attached hydrogens (tertiary/aromatic N) is 8. The number of hydrogen-bond donors (Lipinski definition) is 1. The molecule has 0 atom stereocenters. The van der Waals surface area contributed by atoms with Crippen LogP contribution in [0.4, 0.5) is 15.5 Å². The van der Waals surface area contributed by atoms with Crippen LogP contribution in [0.2, 0.25) is 0 Å². The van der Waals surface area contributed by atoms with Crippen molar-refractivity contribution in [1.82, 2.24) is 39.2 Å². The fraction of sp³-hybridized carbons (Fsp3) is 0.636. The van der Waals surface area contributed by atoms with Gasteiger partial charge in [-0.3, -0.25) is 19.7 Å². The number of carbonyl (C=O) groups excluding carboxylic acids is 3. The zero-order valence-electron chi connectivity index (χ0n) is 20.9. The third-order valence-corrected chi connectivity index (χ3v) is 5.99. The first-order valence-corrected chi connectivity index (χ1v) is 11.7. The number of likely N-dealkylation sites (N-methyl/N-ethyl adjacent to an activating group) is 1. The van der Waals surface area contributed by atoms with Crippen LogP contribution in [0.15, 0.2) is 12.5 Å². The molecule has 1 saturated heterocycles. The molecule has 4 amide bonds. The third-order valence-electron chi connectivity index (χ3n) is 5.99. The second-order valence-electron chi connectivity index (χ2n) is 10.1. The molecule has 13 heteroatoms. The largest absolute Gasteiger partial charge is 0.444 e. The Balaban J connectivity index is 1.29. The monoisotopic (exact) mass is 487 g/mol. The van der Waals surface area contributed by atoms with Crippen molar-refractivity contribution < 1.29 is 19.1 Å². The molecule has 4 rings (SSSR count). The molecule has 0 bridgehead atoms. The van der Waals surface area contributed by atoms with Crippen molar-refractivity contribution in [2.75, 3.05) is 32.5 Å². The van der Waals surface area contributed by atoms with Crippen molar-refractivity contribution >= 4 is 24.0 Å². The summed E-state index contributed by atoms with van der Waals surface area (Å²) in [6.07, 6.45) is 4.40. The second-order valence-corrected chi connectivity index (χ2v) is 10.1. The van der Waals surface area contributed by atoms with E-state index >= 15 is 0 Å². The maximum atomic E-state index is 12.7. The number of fused-ring (bicyclic) bond motifs is 1. The molecule has 1 fully saturated rings. The topological polar surface area (TPSA) is 131 Å². The van der Waals surface area contributed by atoms with Crippen LogP contribution in [0, 0.1) is 0 Å². The first-order valence-electron chi connectivity index (χ1n) is 11.7. The zero-order chi connectivity index (χ0) is 25.3. The molecular formula is C22H33N9O4. The number of rotatable bonds is 4. The van der Waals surface area contributed by atoms with Gasteiger partial charge in [-0.05, 0) is 33.6 Å². The average molecular weight is 488 g/mol. The predicted octanol–water partition coefficient (Wildman–Crippen LogP) is 1.68. The highest BCUT2D eigenvalue weighted by molar-refractivity contribution is 5.87. The van der Waals surface area contributed by atoms with Gasteiger partial charge in [0.1, 0.15) is 18.5 Å². The number of piperidine rings is 1. The van der Waals surface area contributed by atoms with Gasteiger partial charge in [0.15, 0.2) is 0 Å². The first kappa shape index (κ1) is 24.5. The van der Waals surface area contributed by atoms with E-state index in [1.807, 2.05) is 31.6 Å². The van der Waals surface area contributed by atoms with Crippen LogP contribution in [-0.4, -0.2) is 90.1 Å². The first-order chi connectivity index (χ1) is 16.5. The molecule has 0 spiro atoms. The van der Waals surface area contributed by atoms with Crippen molar-refractivity contribution in [3.8, 4) is 0 Å². The number of ether oxygens (including phenoxy) is 1. The minimum absolute atomic E-state index is 0.0564. The van der Waals surface area contributed by atoms with Gasteiger partial charge in [0, 0.05) is 32.7 Å². The van der Waals surface area contributed by atoms with Crippen LogP contribution in [0.3, 0.4) is 0 Å². The van der Waals surface area contributed by atoms with Crippen LogP contribution >= 0.6 is 0 Å². The Morgan fingerprint density at radius 1 is 1.14 bits per heavy atom. The second kappa shape index (κ2) is 9.55. The molecule has 2 aromatic heterocycles. The lowest BCUT2D eigenvalue weighted by Gasteiger charge is -2.32. The predicted molar refractivity (Wildman–Crippen MR) is 125 cm³/mol. The smallest absolute Gasteiger partial charge is 0.410 e. The number of amides is 4. The van der Waals surface area contributed by atoms with Gasteiger partial charge in [0.25, 0.3) is 0 Å². The normalized spacial score (nSPS) is 16.3. The summed E-state index contributed by atoms with van der Waals surface area (Å²) in [6, 6.07) is -0.127. The summed E-state index contributed by atoms with van der Waals surface area (Å²) < 4.78 is 8.90. The van der Waals surface area contributed by atoms with Crippen molar-refractivity contribution in [2.45, 2.75) is 64.9 Å². The summed E-state index contributed by atoms with van der Waals surface area (Å²) in [6.45, 7) is 7.69. The van der Waals surface area contributed by atoms with Gasteiger partial charge < -0.3 is 14.5 Å². The fourth-order valence-corrected chi connectivity index (χ4v) is 4.14. The number of likely N-dealkylation sites (tertiary alicyclic amines) is 1. The molecular weight excluding hydrogens is 454 g/mol. The summed E-state index contributed by atoms with van der Waals surface area (Å²) >= 11 is 0. The molecule has 13 nitrogen and oxygen atoms in total. The molecule has 190 valence electrons. The highest BCUT2D eigenvalue weighted by Gasteiger charge is 2.33. The van der Waals surface area contributed by atoms with Gasteiger partial charge in [0.2, 0.25) is 11.9 Å². The zero-order valence-corrected chi connectivity index (χ0v) is 20.9. The molecule has 0 radical (unpaired) electrons. The Bertz CT molecular complexity index is 1090. The van der Waals surface area contributed by atoms with Crippen LogP contribution in [0.5, 0.6) is 0 Å². The number of urea groups is 1. The van der Waals surface area contributed by atoms with Crippen LogP contribution in [-0.2, 0) is 29.2 Å². The number of aromatic nitrogens is 5. The number of hydrogen-bond acceptors (Lipinski definition) is 7. The Hall–Kier alpha value is -3.64. The highest BCUT2D eigenvalue weighted by Crippen LogP contribution is 2.30. The summed E-state index contributed by atoms with van der Waals surface area (Å²) in [7, 11) is 3.33. The summed E-state index contributed by atoms with van der Waals surface area (Å²) in [5, 5.41) is 11.4. The molecule has 2 aromatic rings. The van der Waals surface area contributed by atoms with Gasteiger partial charge in [-0.2, -0.15) is 5.10 Å². The molecule has 0 unspecified atom stereocenters. The van der Waals surface area contributed by atoms with Crippen molar-refractivity contribution in [3.05, 3.63) is 23.8 Å². The number of carbonyl (C=O) groups is 3. The van der Waals surface area contributed by atoms with Gasteiger partial charge in [0.05, 0.1) is 31.0 Å². The van der Waals surface area contributed by atoms with E-state index in [0.717, 1.165) is 24.1 Å². The lowest BCUT2D eigenvalue weighted by atomic mass is 10.1. The quantitative estimate of drug-likeness (QED) is 0.694. The Kier molecular flexibility index (Phi) is 6.68. The van der Waals surface area contributed by atoms with Gasteiger partial charge in [-0.15, -0.1) is 5.10 Å². The van der Waals surface area contributed by atoms with Crippen molar-refractivity contribution in [1.29, 1.82) is 0 Å². The van der Waals surface area contributed by atoms with Crippen LogP contribution in [0.1, 0.15) is 50.9 Å². The van der Waals surface area contributed by atoms with Gasteiger partial charge >= 0.3 is 12.1 Å². The van der Waals surface area contributed by atoms with E-state index in [4.69, 9.17) is 4.74 Å². The molecule has 2 aliphatic rings. The lowest BCUT2D eigenvalue weighted by Crippen LogP contribution is -2.42. The maximum Gasteiger partial charge on any atom is 0.410 e. The van der Waals surface area contributed by atoms with E-state index in [1.54, 1.807) is 23.9 Å². The van der Waals surface area contributed by atoms with E-state index in [9.17, 15) is 14.4 Å². The number of anilines is 1. The minimum atomic E-state index is -0.539. The minimum Gasteiger partial charge on any atom is -0.444 e. The molecule has 35 heavy (non-hydrogen) atoms. The third kappa shape index (κ3) is 5.72. The van der Waals surface area contributed by atoms with E-state index in [-0.39, 0.29) is 36.6 Å². The van der Waals surface area contributed by atoms with Crippen LogP contribution < -0.4 is 5.32 Å². The summed E-state index contributed by atoms with van der Waals surface area (Å²) in [5.41, 5.74) is 1.52. The van der Waals surface area contributed by atoms with Crippen LogP contribution in [0.25, 0.3) is 0 Å². The highest BCUT2D eigenvalue weighted by atomic mass is 16.6. The molecule has 0 saturated carbocycles. The Morgan fingerprint density at radius 3 is 2.51 bits per heavy atom. The van der Waals surface area contributed by atoms with E-state index < -0.39 is 5.60 Å². The Morgan fingerprint density at radius 2 is 1.86 bits per heavy atom. The van der Waals surface area contributed by atoms with Crippen molar-refractivity contribution in [3.63, 3.8) is 0 Å². The van der Waals surface area contributed by atoms with Gasteiger partial charge in [-0.25, -0.2) is 19.3 Å². The molecule has 0 aromatic carbocycles. The van der Waals surface area contributed by atoms with E-state index in [2.05, 4.69) is 20.5 Å². The van der Waals surface area contributed by atoms with E-state index in [1.165, 1.54) is 15.9 Å². The molecule has 4 heterocycles. The fourth-order valence-electron chi connectivity index (χ4n) is 4.14. The summed E-state index contributed by atoms with van der Waals surface area (Å²) in [5.74, 6) is 0.0463. The standard InChI is InChI=1S/C22H33N9O4/c1-22(2,3)35-21(34)29-11-15-10-24-31(17(15)12-29)16-6-8-28(9-7-16)20(33)25-19-23-14-30(26-19)13-18(32)27(4)5/h10,14,16H,6-9,11-13H2,1-5H3,(H,25,26,33). The molecule has 0 aliphatic carbocycles. The maximum absolute atomic E-state index is 12.7. The van der Waals surface area contributed by atoms with Gasteiger partial charge in [-0.1, -0.05) is 0 Å². The molecule has 1 N–H and O–H groups in total. The molecule has 2 aliphatic heterocycles. The SMILES string of the molecule is CN(C)C(=O)Cn1cnc(NC(=O)N2CCC(n3ncc4c3CN(C(=O)OC(C)(C)C)C4)CC2)n1. The van der Waals surface area contributed by atoms with Crippen molar-refractivity contribution in [2.24, 2.45) is 0 Å². The summed E-state index contributed by atoms with van der Waals surface area (Å²) in [4.78, 5) is 45.9.